The van der Waals surface area contributed by atoms with Gasteiger partial charge in [-0.2, -0.15) is 8.42 Å². The highest BCUT2D eigenvalue weighted by Crippen LogP contribution is 2.18. The first-order chi connectivity index (χ1) is 18.9. The first kappa shape index (κ1) is 37.8. The number of hydrogen-bond acceptors (Lipinski definition) is 9. The predicted octanol–water partition coefficient (Wildman–Crippen LogP) is 3.76. The maximum atomic E-state index is 13.3. The molecule has 1 amide bonds. The van der Waals surface area contributed by atoms with Crippen molar-refractivity contribution in [1.82, 2.24) is 4.90 Å². The Morgan fingerprint density at radius 1 is 0.825 bits per heavy atom. The molecule has 0 spiro atoms. The molecule has 3 atom stereocenters. The number of carboxylic acids is 1. The number of esters is 2. The Bertz CT molecular complexity index is 863. The molecule has 0 rings (SSSR count). The van der Waals surface area contributed by atoms with E-state index < -0.39 is 58.1 Å². The number of carboxylic acid groups (broad SMARTS) is 1. The van der Waals surface area contributed by atoms with Crippen molar-refractivity contribution in [2.24, 2.45) is 0 Å². The van der Waals surface area contributed by atoms with Crippen molar-refractivity contribution >= 4 is 33.9 Å². The van der Waals surface area contributed by atoms with Crippen LogP contribution in [0.2, 0.25) is 0 Å². The lowest BCUT2D eigenvalue weighted by Gasteiger charge is -2.32. The normalized spacial score (nSPS) is 13.7. The molecule has 0 aliphatic carbocycles. The summed E-state index contributed by atoms with van der Waals surface area (Å²) in [5.74, 6) is -4.80. The highest BCUT2D eigenvalue weighted by Gasteiger charge is 2.42. The maximum Gasteiger partial charge on any atom is 0.329 e. The second kappa shape index (κ2) is 21.5. The lowest BCUT2D eigenvalue weighted by atomic mass is 10.1. The molecular weight excluding hydrogens is 546 g/mol. The van der Waals surface area contributed by atoms with Crippen LogP contribution in [-0.2, 0) is 43.5 Å². The number of ether oxygens (including phenoxy) is 3. The Hall–Kier alpha value is -2.25. The van der Waals surface area contributed by atoms with Crippen LogP contribution >= 0.6 is 0 Å². The van der Waals surface area contributed by atoms with Gasteiger partial charge in [-0.15, -0.1) is 0 Å². The van der Waals surface area contributed by atoms with E-state index in [9.17, 15) is 32.1 Å². The van der Waals surface area contributed by atoms with Gasteiger partial charge in [0.25, 0.3) is 10.1 Å². The van der Waals surface area contributed by atoms with Crippen molar-refractivity contribution in [3.05, 3.63) is 0 Å². The summed E-state index contributed by atoms with van der Waals surface area (Å²) in [7, 11) is -5.15. The summed E-state index contributed by atoms with van der Waals surface area (Å²) in [4.78, 5) is 50.3. The van der Waals surface area contributed by atoms with Crippen LogP contribution in [0.15, 0.2) is 0 Å². The van der Waals surface area contributed by atoms with Gasteiger partial charge < -0.3 is 24.2 Å². The van der Waals surface area contributed by atoms with Gasteiger partial charge in [-0.1, -0.05) is 58.8 Å². The van der Waals surface area contributed by atoms with E-state index in [2.05, 4.69) is 6.92 Å². The lowest BCUT2D eigenvalue weighted by molar-refractivity contribution is -0.160. The Morgan fingerprint density at radius 3 is 1.95 bits per heavy atom. The number of carbonyl (C=O) groups is 4. The quantitative estimate of drug-likeness (QED) is 0.0944. The van der Waals surface area contributed by atoms with Crippen molar-refractivity contribution in [2.45, 2.75) is 122 Å². The van der Waals surface area contributed by atoms with Gasteiger partial charge in [-0.05, 0) is 33.1 Å². The maximum absolute atomic E-state index is 13.3. The fourth-order valence-corrected chi connectivity index (χ4v) is 4.98. The van der Waals surface area contributed by atoms with Crippen LogP contribution in [0.1, 0.15) is 105 Å². The number of unbranched alkanes of at least 4 members (excludes halogenated alkanes) is 6. The smallest absolute Gasteiger partial charge is 0.329 e. The van der Waals surface area contributed by atoms with Crippen LogP contribution in [0.4, 0.5) is 0 Å². The Morgan fingerprint density at radius 2 is 1.43 bits per heavy atom. The van der Waals surface area contributed by atoms with Crippen LogP contribution in [-0.4, -0.2) is 90.6 Å². The number of hydrogen-bond donors (Lipinski definition) is 2. The molecule has 2 unspecified atom stereocenters. The van der Waals surface area contributed by atoms with E-state index in [1.54, 1.807) is 6.92 Å². The second-order valence-electron chi connectivity index (χ2n) is 9.57. The topological polar surface area (TPSA) is 174 Å². The Balaban J connectivity index is 5.57. The highest BCUT2D eigenvalue weighted by molar-refractivity contribution is 7.87. The van der Waals surface area contributed by atoms with Crippen molar-refractivity contribution in [3.63, 3.8) is 0 Å². The SMILES string of the molecule is CCCCCCCCCC(CC)OCCCN(C(=O)C(CC(=O)O)S(=O)(=O)O)[C@@H](CC(=O)OCC)C(=O)OCC. The van der Waals surface area contributed by atoms with Gasteiger partial charge in [0.05, 0.1) is 32.2 Å². The van der Waals surface area contributed by atoms with Crippen LogP contribution in [0.3, 0.4) is 0 Å². The molecule has 0 aromatic heterocycles. The minimum Gasteiger partial charge on any atom is -0.481 e. The van der Waals surface area contributed by atoms with E-state index in [1.165, 1.54) is 39.0 Å². The molecule has 13 heteroatoms. The van der Waals surface area contributed by atoms with Crippen molar-refractivity contribution in [2.75, 3.05) is 26.4 Å². The van der Waals surface area contributed by atoms with Crippen LogP contribution in [0.25, 0.3) is 0 Å². The lowest BCUT2D eigenvalue weighted by Crippen LogP contribution is -2.53. The van der Waals surface area contributed by atoms with E-state index in [-0.39, 0.29) is 38.9 Å². The monoisotopic (exact) mass is 595 g/mol. The predicted molar refractivity (Wildman–Crippen MR) is 148 cm³/mol. The molecule has 0 heterocycles. The van der Waals surface area contributed by atoms with E-state index in [0.29, 0.717) is 0 Å². The molecule has 0 aromatic rings. The molecule has 234 valence electrons. The van der Waals surface area contributed by atoms with Gasteiger partial charge >= 0.3 is 17.9 Å². The van der Waals surface area contributed by atoms with Gasteiger partial charge in [0, 0.05) is 13.2 Å². The van der Waals surface area contributed by atoms with Crippen molar-refractivity contribution in [1.29, 1.82) is 0 Å². The Kier molecular flexibility index (Phi) is 20.3. The van der Waals surface area contributed by atoms with Gasteiger partial charge in [0.2, 0.25) is 5.91 Å². The number of aliphatic carboxylic acids is 1. The molecule has 0 aliphatic rings. The molecular formula is C27H49NO11S. The fourth-order valence-electron chi connectivity index (χ4n) is 4.24. The summed E-state index contributed by atoms with van der Waals surface area (Å²) >= 11 is 0. The summed E-state index contributed by atoms with van der Waals surface area (Å²) in [5, 5.41) is 6.77. The summed E-state index contributed by atoms with van der Waals surface area (Å²) in [6.07, 6.45) is 8.13. The zero-order valence-corrected chi connectivity index (χ0v) is 25.3. The zero-order chi connectivity index (χ0) is 30.6. The standard InChI is InChI=1S/C27H49NO11S/c1-5-9-10-11-12-13-14-16-21(6-2)39-18-15-17-28(26(32)23(20-24(29)30)40(34,35)36)22(27(33)38-8-4)19-25(31)37-7-3/h21-23H,5-20H2,1-4H3,(H,29,30)(H,34,35,36)/t21?,22-,23?/m0/s1. The largest absolute Gasteiger partial charge is 0.481 e. The molecule has 0 fully saturated rings. The minimum absolute atomic E-state index is 0.0000299. The average Bonchev–Trinajstić information content (AvgIpc) is 2.88. The molecule has 0 aromatic carbocycles. The fraction of sp³-hybridized carbons (Fsp3) is 0.852. The van der Waals surface area contributed by atoms with E-state index in [4.69, 9.17) is 19.3 Å². The first-order valence-corrected chi connectivity index (χ1v) is 15.8. The molecule has 40 heavy (non-hydrogen) atoms. The molecule has 0 bridgehead atoms. The third-order valence-corrected chi connectivity index (χ3v) is 7.45. The molecule has 0 saturated heterocycles. The molecule has 0 radical (unpaired) electrons. The van der Waals surface area contributed by atoms with E-state index in [0.717, 1.165) is 30.6 Å². The number of carbonyl (C=O) groups excluding carboxylic acids is 3. The molecule has 0 saturated carbocycles. The Labute approximate surface area is 238 Å². The van der Waals surface area contributed by atoms with Gasteiger partial charge in [0.1, 0.15) is 6.04 Å². The summed E-state index contributed by atoms with van der Waals surface area (Å²) in [6, 6.07) is -1.58. The van der Waals surface area contributed by atoms with Crippen LogP contribution < -0.4 is 0 Å². The van der Waals surface area contributed by atoms with E-state index in [1.807, 2.05) is 6.92 Å². The molecule has 2 N–H and O–H groups in total. The van der Waals surface area contributed by atoms with E-state index >= 15 is 0 Å². The molecule has 0 aliphatic heterocycles. The summed E-state index contributed by atoms with van der Waals surface area (Å²) in [6.45, 7) is 7.08. The third-order valence-electron chi connectivity index (χ3n) is 6.36. The summed E-state index contributed by atoms with van der Waals surface area (Å²) < 4.78 is 49.3. The van der Waals surface area contributed by atoms with Crippen molar-refractivity contribution < 1.29 is 51.5 Å². The van der Waals surface area contributed by atoms with Gasteiger partial charge in [-0.3, -0.25) is 18.9 Å². The van der Waals surface area contributed by atoms with Gasteiger partial charge in [-0.25, -0.2) is 4.79 Å². The van der Waals surface area contributed by atoms with Crippen LogP contribution in [0.5, 0.6) is 0 Å². The third kappa shape index (κ3) is 16.1. The zero-order valence-electron chi connectivity index (χ0n) is 24.5. The second-order valence-corrected chi connectivity index (χ2v) is 11.2. The van der Waals surface area contributed by atoms with Gasteiger partial charge in [0.15, 0.2) is 5.25 Å². The number of amides is 1. The average molecular weight is 596 g/mol. The number of rotatable bonds is 24. The molecule has 12 nitrogen and oxygen atoms in total. The van der Waals surface area contributed by atoms with Crippen molar-refractivity contribution in [3.8, 4) is 0 Å². The highest BCUT2D eigenvalue weighted by atomic mass is 32.2. The first-order valence-electron chi connectivity index (χ1n) is 14.3. The number of nitrogens with zero attached hydrogens (tertiary/aromatic N) is 1. The van der Waals surface area contributed by atoms with Crippen LogP contribution in [0, 0.1) is 0 Å². The summed E-state index contributed by atoms with van der Waals surface area (Å²) in [5.41, 5.74) is 0. The minimum atomic E-state index is -5.15.